The molecule has 0 bridgehead atoms. The first-order chi connectivity index (χ1) is 16.5. The molecule has 1 fully saturated rings. The lowest BCUT2D eigenvalue weighted by atomic mass is 10.1. The first-order valence-corrected chi connectivity index (χ1v) is 12.9. The largest absolute Gasteiger partial charge is 0.303 e. The van der Waals surface area contributed by atoms with Gasteiger partial charge in [-0.15, -0.1) is 0 Å². The van der Waals surface area contributed by atoms with Crippen LogP contribution in [0, 0.1) is 6.92 Å². The summed E-state index contributed by atoms with van der Waals surface area (Å²) in [6, 6.07) is 24.4. The number of nitrogens with zero attached hydrogens (tertiary/aromatic N) is 4. The molecular formula is C27H28N4O2S. The minimum atomic E-state index is -3.87. The molecule has 0 saturated carbocycles. The van der Waals surface area contributed by atoms with Crippen LogP contribution in [0.1, 0.15) is 11.3 Å². The fraction of sp³-hybridized carbons (Fsp3) is 0.222. The Morgan fingerprint density at radius 3 is 2.24 bits per heavy atom. The van der Waals surface area contributed by atoms with E-state index < -0.39 is 10.0 Å². The predicted molar refractivity (Wildman–Crippen MR) is 138 cm³/mol. The van der Waals surface area contributed by atoms with E-state index >= 15 is 0 Å². The molecule has 0 N–H and O–H groups in total. The second-order valence-corrected chi connectivity index (χ2v) is 10.4. The highest BCUT2D eigenvalue weighted by molar-refractivity contribution is 7.90. The summed E-state index contributed by atoms with van der Waals surface area (Å²) in [5.74, 6) is 0. The van der Waals surface area contributed by atoms with Gasteiger partial charge in [-0.05, 0) is 31.7 Å². The Bertz CT molecular complexity index is 1450. The minimum Gasteiger partial charge on any atom is -0.303 e. The molecule has 0 spiro atoms. The van der Waals surface area contributed by atoms with Crippen LogP contribution in [0.5, 0.6) is 0 Å². The van der Waals surface area contributed by atoms with E-state index in [9.17, 15) is 8.42 Å². The van der Waals surface area contributed by atoms with Crippen molar-refractivity contribution in [2.75, 3.05) is 33.2 Å². The molecule has 0 aliphatic carbocycles. The quantitative estimate of drug-likeness (QED) is 0.403. The average Bonchev–Trinajstić information content (AvgIpc) is 3.16. The second kappa shape index (κ2) is 9.08. The molecule has 1 saturated heterocycles. The topological polar surface area (TPSA) is 57.9 Å². The Balaban J connectivity index is 1.64. The van der Waals surface area contributed by atoms with Gasteiger partial charge in [0.25, 0.3) is 10.0 Å². The molecule has 6 nitrogen and oxygen atoms in total. The summed E-state index contributed by atoms with van der Waals surface area (Å²) in [5.41, 5.74) is 3.69. The molecule has 34 heavy (non-hydrogen) atoms. The lowest BCUT2D eigenvalue weighted by Crippen LogP contribution is -2.41. The molecule has 174 valence electrons. The zero-order valence-corrected chi connectivity index (χ0v) is 20.2. The van der Waals surface area contributed by atoms with Gasteiger partial charge in [-0.1, -0.05) is 66.7 Å². The molecule has 1 aromatic heterocycles. The van der Waals surface area contributed by atoms with Gasteiger partial charge in [0, 0.05) is 48.4 Å². The maximum Gasteiger partial charge on any atom is 0.269 e. The van der Waals surface area contributed by atoms with E-state index in [4.69, 9.17) is 5.10 Å². The van der Waals surface area contributed by atoms with Gasteiger partial charge < -0.3 is 4.90 Å². The smallest absolute Gasteiger partial charge is 0.269 e. The van der Waals surface area contributed by atoms with E-state index in [0.717, 1.165) is 42.7 Å². The third kappa shape index (κ3) is 4.02. The van der Waals surface area contributed by atoms with Crippen LogP contribution in [0.25, 0.3) is 22.0 Å². The van der Waals surface area contributed by atoms with Crippen molar-refractivity contribution in [2.24, 2.45) is 5.10 Å². The van der Waals surface area contributed by atoms with Crippen molar-refractivity contribution in [3.8, 4) is 11.1 Å². The zero-order chi connectivity index (χ0) is 23.7. The Hall–Kier alpha value is -3.42. The van der Waals surface area contributed by atoms with Crippen LogP contribution >= 0.6 is 0 Å². The van der Waals surface area contributed by atoms with Crippen LogP contribution in [-0.2, 0) is 10.0 Å². The molecule has 4 aromatic rings. The summed E-state index contributed by atoms with van der Waals surface area (Å²) in [5, 5.41) is 7.63. The molecule has 7 heteroatoms. The second-order valence-electron chi connectivity index (χ2n) is 8.65. The Morgan fingerprint density at radius 2 is 1.47 bits per heavy atom. The van der Waals surface area contributed by atoms with E-state index in [1.807, 2.05) is 84.9 Å². The molecule has 0 unspecified atom stereocenters. The summed E-state index contributed by atoms with van der Waals surface area (Å²) in [7, 11) is -1.76. The first kappa shape index (κ1) is 22.4. The maximum atomic E-state index is 14.1. The zero-order valence-electron chi connectivity index (χ0n) is 19.4. The molecule has 5 rings (SSSR count). The van der Waals surface area contributed by atoms with Gasteiger partial charge in [-0.3, -0.25) is 5.01 Å². The van der Waals surface area contributed by atoms with Crippen LogP contribution in [0.15, 0.2) is 88.9 Å². The number of rotatable bonds is 5. The number of hydrazone groups is 1. The van der Waals surface area contributed by atoms with E-state index in [0.29, 0.717) is 16.8 Å². The minimum absolute atomic E-state index is 0.285. The summed E-state index contributed by atoms with van der Waals surface area (Å²) in [6.07, 6.45) is 1.82. The van der Waals surface area contributed by atoms with Crippen molar-refractivity contribution in [1.82, 2.24) is 13.9 Å². The van der Waals surface area contributed by atoms with Crippen molar-refractivity contribution < 1.29 is 8.42 Å². The van der Waals surface area contributed by atoms with Crippen LogP contribution in [-0.4, -0.2) is 61.7 Å². The fourth-order valence-corrected chi connectivity index (χ4v) is 6.32. The van der Waals surface area contributed by atoms with Gasteiger partial charge in [0.1, 0.15) is 0 Å². The lowest BCUT2D eigenvalue weighted by molar-refractivity contribution is 0.159. The van der Waals surface area contributed by atoms with Crippen molar-refractivity contribution in [3.63, 3.8) is 0 Å². The number of hydrogen-bond acceptors (Lipinski definition) is 5. The highest BCUT2D eigenvalue weighted by Gasteiger charge is 2.27. The molecule has 1 aliphatic heterocycles. The fourth-order valence-electron chi connectivity index (χ4n) is 4.53. The number of aromatic nitrogens is 1. The lowest BCUT2D eigenvalue weighted by Gasteiger charge is -2.30. The molecule has 0 amide bonds. The van der Waals surface area contributed by atoms with Crippen LogP contribution in [0.2, 0.25) is 0 Å². The van der Waals surface area contributed by atoms with Crippen molar-refractivity contribution in [1.29, 1.82) is 0 Å². The maximum absolute atomic E-state index is 14.1. The van der Waals surface area contributed by atoms with Crippen molar-refractivity contribution in [3.05, 3.63) is 90.1 Å². The number of likely N-dealkylation sites (N-methyl/N-ethyl adjacent to an activating group) is 1. The summed E-state index contributed by atoms with van der Waals surface area (Å²) >= 11 is 0. The van der Waals surface area contributed by atoms with E-state index in [2.05, 4.69) is 11.9 Å². The molecule has 1 aliphatic rings. The highest BCUT2D eigenvalue weighted by atomic mass is 32.2. The number of para-hydroxylation sites is 1. The van der Waals surface area contributed by atoms with E-state index in [-0.39, 0.29) is 4.90 Å². The first-order valence-electron chi connectivity index (χ1n) is 11.4. The molecule has 3 aromatic carbocycles. The summed E-state index contributed by atoms with van der Waals surface area (Å²) in [4.78, 5) is 2.56. The van der Waals surface area contributed by atoms with Gasteiger partial charge in [0.2, 0.25) is 0 Å². The van der Waals surface area contributed by atoms with Crippen LogP contribution in [0.4, 0.5) is 0 Å². The van der Waals surface area contributed by atoms with Crippen molar-refractivity contribution >= 4 is 27.1 Å². The monoisotopic (exact) mass is 472 g/mol. The standard InChI is InChI=1S/C27H28N4O2S/c1-21-25(20-28-30-18-16-29(2)17-19-30)24-13-6-8-14-26(24)31(21)34(32,33)27-15-9-7-12-23(27)22-10-4-3-5-11-22/h3-15,20H,16-19H2,1-2H3/b28-20+. The van der Waals surface area contributed by atoms with Gasteiger partial charge >= 0.3 is 0 Å². The number of fused-ring (bicyclic) bond motifs is 1. The predicted octanol–water partition coefficient (Wildman–Crippen LogP) is 4.44. The van der Waals surface area contributed by atoms with Gasteiger partial charge in [-0.2, -0.15) is 5.10 Å². The average molecular weight is 473 g/mol. The number of benzene rings is 3. The van der Waals surface area contributed by atoms with Crippen LogP contribution in [0.3, 0.4) is 0 Å². The van der Waals surface area contributed by atoms with Crippen LogP contribution < -0.4 is 0 Å². The Kier molecular flexibility index (Phi) is 5.98. The van der Waals surface area contributed by atoms with E-state index in [1.165, 1.54) is 3.97 Å². The van der Waals surface area contributed by atoms with E-state index in [1.54, 1.807) is 12.1 Å². The third-order valence-corrected chi connectivity index (χ3v) is 8.29. The normalized spacial score (nSPS) is 15.4. The SMILES string of the molecule is Cc1c(/C=N/N2CCN(C)CC2)c2ccccc2n1S(=O)(=O)c1ccccc1-c1ccccc1. The van der Waals surface area contributed by atoms with Crippen molar-refractivity contribution in [2.45, 2.75) is 11.8 Å². The number of hydrogen-bond donors (Lipinski definition) is 0. The molecule has 2 heterocycles. The highest BCUT2D eigenvalue weighted by Crippen LogP contribution is 2.33. The molecule has 0 atom stereocenters. The molecular weight excluding hydrogens is 444 g/mol. The summed E-state index contributed by atoms with van der Waals surface area (Å²) < 4.78 is 29.7. The Labute approximate surface area is 200 Å². The van der Waals surface area contributed by atoms with Gasteiger partial charge in [-0.25, -0.2) is 12.4 Å². The van der Waals surface area contributed by atoms with Gasteiger partial charge in [0.05, 0.1) is 16.6 Å². The number of piperazine rings is 1. The summed E-state index contributed by atoms with van der Waals surface area (Å²) in [6.45, 7) is 5.49. The Morgan fingerprint density at radius 1 is 0.824 bits per heavy atom. The molecule has 0 radical (unpaired) electrons. The van der Waals surface area contributed by atoms with Gasteiger partial charge in [0.15, 0.2) is 0 Å². The third-order valence-electron chi connectivity index (χ3n) is 6.43.